The van der Waals surface area contributed by atoms with Crippen molar-refractivity contribution >= 4 is 38.6 Å². The Kier molecular flexibility index (Phi) is 3.83. The zero-order chi connectivity index (χ0) is 14.7. The third kappa shape index (κ3) is 3.20. The Morgan fingerprint density at radius 1 is 1.10 bits per heavy atom. The minimum absolute atomic E-state index is 0.803. The summed E-state index contributed by atoms with van der Waals surface area (Å²) in [6.07, 6.45) is 1.80. The van der Waals surface area contributed by atoms with Gasteiger partial charge in [-0.05, 0) is 29.8 Å². The molecule has 1 aromatic heterocycles. The van der Waals surface area contributed by atoms with E-state index >= 15 is 0 Å². The second-order valence-electron chi connectivity index (χ2n) is 4.84. The van der Waals surface area contributed by atoms with Crippen LogP contribution in [0.15, 0.2) is 53.6 Å². The molecule has 0 amide bonds. The first kappa shape index (κ1) is 13.6. The fourth-order valence-electron chi connectivity index (χ4n) is 1.94. The topological polar surface area (TPSA) is 40.5 Å². The third-order valence-electron chi connectivity index (χ3n) is 3.08. The van der Waals surface area contributed by atoms with E-state index < -0.39 is 0 Å². The SMILES string of the molecule is CN(C)c1ccc(/C=N\Nc2nc3ccccc3s2)cc1. The van der Waals surface area contributed by atoms with Crippen LogP contribution in [-0.2, 0) is 0 Å². The van der Waals surface area contributed by atoms with Gasteiger partial charge in [-0.25, -0.2) is 4.98 Å². The lowest BCUT2D eigenvalue weighted by molar-refractivity contribution is 1.13. The van der Waals surface area contributed by atoms with Gasteiger partial charge in [-0.1, -0.05) is 35.6 Å². The summed E-state index contributed by atoms with van der Waals surface area (Å²) in [4.78, 5) is 6.54. The van der Waals surface area contributed by atoms with Crippen molar-refractivity contribution < 1.29 is 0 Å². The number of anilines is 2. The van der Waals surface area contributed by atoms with Gasteiger partial charge in [0.1, 0.15) is 0 Å². The van der Waals surface area contributed by atoms with E-state index in [9.17, 15) is 0 Å². The standard InChI is InChI=1S/C16H16N4S/c1-20(2)13-9-7-12(8-10-13)11-17-19-16-18-14-5-3-4-6-15(14)21-16/h3-11H,1-2H3,(H,18,19)/b17-11-. The summed E-state index contributed by atoms with van der Waals surface area (Å²) in [6.45, 7) is 0. The van der Waals surface area contributed by atoms with Crippen LogP contribution in [0.5, 0.6) is 0 Å². The normalized spacial score (nSPS) is 11.1. The summed E-state index contributed by atoms with van der Waals surface area (Å²) >= 11 is 1.60. The van der Waals surface area contributed by atoms with E-state index in [1.54, 1.807) is 17.6 Å². The monoisotopic (exact) mass is 296 g/mol. The summed E-state index contributed by atoms with van der Waals surface area (Å²) < 4.78 is 1.16. The minimum Gasteiger partial charge on any atom is -0.378 e. The Hall–Kier alpha value is -2.40. The summed E-state index contributed by atoms with van der Waals surface area (Å²) in [5.74, 6) is 0. The molecule has 0 aliphatic rings. The van der Waals surface area contributed by atoms with E-state index in [0.717, 1.165) is 20.9 Å². The number of benzene rings is 2. The molecule has 2 aromatic carbocycles. The maximum absolute atomic E-state index is 4.47. The van der Waals surface area contributed by atoms with Crippen LogP contribution in [0.3, 0.4) is 0 Å². The number of hydrogen-bond donors (Lipinski definition) is 1. The van der Waals surface area contributed by atoms with Gasteiger partial charge >= 0.3 is 0 Å². The van der Waals surface area contributed by atoms with Crippen LogP contribution in [0.25, 0.3) is 10.2 Å². The van der Waals surface area contributed by atoms with Crippen LogP contribution in [0.2, 0.25) is 0 Å². The van der Waals surface area contributed by atoms with Crippen molar-refractivity contribution in [3.05, 3.63) is 54.1 Å². The number of rotatable bonds is 4. The van der Waals surface area contributed by atoms with E-state index in [0.29, 0.717) is 0 Å². The number of aromatic nitrogens is 1. The van der Waals surface area contributed by atoms with Gasteiger partial charge in [0.15, 0.2) is 0 Å². The fourth-order valence-corrected chi connectivity index (χ4v) is 2.76. The molecule has 3 aromatic rings. The molecule has 1 heterocycles. The molecule has 4 nitrogen and oxygen atoms in total. The molecule has 0 spiro atoms. The zero-order valence-corrected chi connectivity index (χ0v) is 12.8. The van der Waals surface area contributed by atoms with Crippen LogP contribution < -0.4 is 10.3 Å². The van der Waals surface area contributed by atoms with Gasteiger partial charge < -0.3 is 4.90 Å². The number of fused-ring (bicyclic) bond motifs is 1. The lowest BCUT2D eigenvalue weighted by Gasteiger charge is -2.11. The average Bonchev–Trinajstić information content (AvgIpc) is 2.90. The lowest BCUT2D eigenvalue weighted by Crippen LogP contribution is -2.08. The van der Waals surface area contributed by atoms with E-state index in [-0.39, 0.29) is 0 Å². The molecule has 0 aliphatic heterocycles. The second kappa shape index (κ2) is 5.93. The number of para-hydroxylation sites is 1. The van der Waals surface area contributed by atoms with E-state index in [1.165, 1.54) is 5.69 Å². The molecule has 1 N–H and O–H groups in total. The lowest BCUT2D eigenvalue weighted by atomic mass is 10.2. The molecule has 0 fully saturated rings. The zero-order valence-electron chi connectivity index (χ0n) is 11.9. The maximum atomic E-state index is 4.47. The first-order chi connectivity index (χ1) is 10.2. The molecule has 21 heavy (non-hydrogen) atoms. The van der Waals surface area contributed by atoms with Crippen molar-refractivity contribution in [1.82, 2.24) is 4.98 Å². The molecule has 3 rings (SSSR count). The molecule has 0 saturated carbocycles. The Morgan fingerprint density at radius 3 is 2.57 bits per heavy atom. The van der Waals surface area contributed by atoms with Crippen molar-refractivity contribution in [3.8, 4) is 0 Å². The summed E-state index contributed by atoms with van der Waals surface area (Å²) in [5, 5.41) is 5.04. The average molecular weight is 296 g/mol. The molecule has 0 unspecified atom stereocenters. The number of nitrogens with one attached hydrogen (secondary N) is 1. The van der Waals surface area contributed by atoms with Gasteiger partial charge in [0.25, 0.3) is 0 Å². The van der Waals surface area contributed by atoms with Crippen molar-refractivity contribution in [1.29, 1.82) is 0 Å². The van der Waals surface area contributed by atoms with Crippen molar-refractivity contribution in [2.75, 3.05) is 24.4 Å². The number of nitrogens with zero attached hydrogens (tertiary/aromatic N) is 3. The highest BCUT2D eigenvalue weighted by atomic mass is 32.1. The van der Waals surface area contributed by atoms with E-state index in [2.05, 4.69) is 38.6 Å². The predicted molar refractivity (Wildman–Crippen MR) is 91.6 cm³/mol. The van der Waals surface area contributed by atoms with Gasteiger partial charge in [0, 0.05) is 19.8 Å². The molecular weight excluding hydrogens is 280 g/mol. The quantitative estimate of drug-likeness (QED) is 0.588. The Labute approximate surface area is 127 Å². The Morgan fingerprint density at radius 2 is 1.86 bits per heavy atom. The molecular formula is C16H16N4S. The summed E-state index contributed by atoms with van der Waals surface area (Å²) in [5.41, 5.74) is 6.20. The number of hydrogen-bond acceptors (Lipinski definition) is 5. The number of thiazole rings is 1. The van der Waals surface area contributed by atoms with Crippen LogP contribution in [0.4, 0.5) is 10.8 Å². The largest absolute Gasteiger partial charge is 0.378 e. The van der Waals surface area contributed by atoms with Crippen molar-refractivity contribution in [3.63, 3.8) is 0 Å². The predicted octanol–water partition coefficient (Wildman–Crippen LogP) is 3.81. The molecule has 106 valence electrons. The maximum Gasteiger partial charge on any atom is 0.204 e. The first-order valence-corrected chi connectivity index (χ1v) is 7.46. The summed E-state index contributed by atoms with van der Waals surface area (Å²) in [6, 6.07) is 16.3. The minimum atomic E-state index is 0.803. The number of hydrazone groups is 1. The third-order valence-corrected chi connectivity index (χ3v) is 4.02. The van der Waals surface area contributed by atoms with E-state index in [4.69, 9.17) is 0 Å². The van der Waals surface area contributed by atoms with Crippen LogP contribution in [-0.4, -0.2) is 25.3 Å². The van der Waals surface area contributed by atoms with Crippen LogP contribution >= 0.6 is 11.3 Å². The van der Waals surface area contributed by atoms with Gasteiger partial charge in [0.2, 0.25) is 5.13 Å². The van der Waals surface area contributed by atoms with E-state index in [1.807, 2.05) is 44.4 Å². The second-order valence-corrected chi connectivity index (χ2v) is 5.87. The molecule has 0 atom stereocenters. The molecule has 5 heteroatoms. The molecule has 0 bridgehead atoms. The summed E-state index contributed by atoms with van der Waals surface area (Å²) in [7, 11) is 4.05. The first-order valence-electron chi connectivity index (χ1n) is 6.64. The van der Waals surface area contributed by atoms with Crippen molar-refractivity contribution in [2.24, 2.45) is 5.10 Å². The van der Waals surface area contributed by atoms with Crippen LogP contribution in [0, 0.1) is 0 Å². The Bertz CT molecular complexity index is 726. The van der Waals surface area contributed by atoms with Crippen molar-refractivity contribution in [2.45, 2.75) is 0 Å². The highest BCUT2D eigenvalue weighted by Gasteiger charge is 2.00. The van der Waals surface area contributed by atoms with Crippen LogP contribution in [0.1, 0.15) is 5.56 Å². The highest BCUT2D eigenvalue weighted by molar-refractivity contribution is 7.22. The van der Waals surface area contributed by atoms with Gasteiger partial charge in [-0.3, -0.25) is 5.43 Å². The fraction of sp³-hybridized carbons (Fsp3) is 0.125. The van der Waals surface area contributed by atoms with Gasteiger partial charge in [0.05, 0.1) is 16.4 Å². The van der Waals surface area contributed by atoms with Gasteiger partial charge in [-0.2, -0.15) is 5.10 Å². The molecule has 0 saturated heterocycles. The molecule has 0 aliphatic carbocycles. The highest BCUT2D eigenvalue weighted by Crippen LogP contribution is 2.25. The molecule has 0 radical (unpaired) electrons. The van der Waals surface area contributed by atoms with Gasteiger partial charge in [-0.15, -0.1) is 0 Å². The smallest absolute Gasteiger partial charge is 0.204 e. The Balaban J connectivity index is 1.68.